The highest BCUT2D eigenvalue weighted by Crippen LogP contribution is 2.31. The van der Waals surface area contributed by atoms with E-state index >= 15 is 0 Å². The van der Waals surface area contributed by atoms with Gasteiger partial charge in [0.2, 0.25) is 10.0 Å². The number of fused-ring (bicyclic) bond motifs is 2. The van der Waals surface area contributed by atoms with E-state index in [1.165, 1.54) is 6.07 Å². The van der Waals surface area contributed by atoms with Gasteiger partial charge in [0, 0.05) is 11.6 Å². The molecule has 2 aliphatic heterocycles. The van der Waals surface area contributed by atoms with Gasteiger partial charge in [0.15, 0.2) is 0 Å². The molecule has 1 N–H and O–H groups in total. The van der Waals surface area contributed by atoms with Crippen molar-refractivity contribution >= 4 is 15.9 Å². The fourth-order valence-corrected chi connectivity index (χ4v) is 4.92. The molecule has 3 fully saturated rings. The molecule has 6 nitrogen and oxygen atoms in total. The van der Waals surface area contributed by atoms with Crippen molar-refractivity contribution in [1.82, 2.24) is 9.62 Å². The highest BCUT2D eigenvalue weighted by atomic mass is 32.2. The number of amides is 1. The smallest absolute Gasteiger partial charge is 0.254 e. The number of sulfonamides is 1. The Morgan fingerprint density at radius 3 is 2.46 bits per heavy atom. The summed E-state index contributed by atoms with van der Waals surface area (Å²) in [7, 11) is -3.56. The Bertz CT molecular complexity index is 757. The quantitative estimate of drug-likeness (QED) is 0.891. The number of benzene rings is 1. The SMILES string of the molecule is Cc1ccc(S(=O)(=O)NC2CC2)cc1C(=O)N1C2CCC1COC2. The highest BCUT2D eigenvalue weighted by molar-refractivity contribution is 7.89. The molecular weight excluding hydrogens is 328 g/mol. The first-order chi connectivity index (χ1) is 11.5. The molecule has 24 heavy (non-hydrogen) atoms. The molecule has 2 heterocycles. The molecule has 0 radical (unpaired) electrons. The van der Waals surface area contributed by atoms with Crippen molar-refractivity contribution in [2.45, 2.75) is 55.6 Å². The lowest BCUT2D eigenvalue weighted by molar-refractivity contribution is -0.00721. The summed E-state index contributed by atoms with van der Waals surface area (Å²) in [6.07, 6.45) is 3.68. The first-order valence-electron chi connectivity index (χ1n) is 8.49. The van der Waals surface area contributed by atoms with Gasteiger partial charge in [0.1, 0.15) is 0 Å². The molecule has 3 aliphatic rings. The lowest BCUT2D eigenvalue weighted by atomic mass is 10.1. The second kappa shape index (κ2) is 5.82. The largest absolute Gasteiger partial charge is 0.377 e. The van der Waals surface area contributed by atoms with Crippen LogP contribution in [0.1, 0.15) is 41.6 Å². The van der Waals surface area contributed by atoms with Crippen LogP contribution in [0.15, 0.2) is 23.1 Å². The zero-order chi connectivity index (χ0) is 16.9. The van der Waals surface area contributed by atoms with Gasteiger partial charge in [0.05, 0.1) is 30.2 Å². The van der Waals surface area contributed by atoms with Crippen LogP contribution in [0.2, 0.25) is 0 Å². The standard InChI is InChI=1S/C17H22N2O4S/c1-11-2-7-15(24(21,22)18-12-3-4-12)8-16(11)17(20)19-13-5-6-14(19)10-23-9-13/h2,7-8,12-14,18H,3-6,9-10H2,1H3. The van der Waals surface area contributed by atoms with Crippen molar-refractivity contribution in [2.75, 3.05) is 13.2 Å². The van der Waals surface area contributed by atoms with Crippen LogP contribution in [0.4, 0.5) is 0 Å². The summed E-state index contributed by atoms with van der Waals surface area (Å²) in [6, 6.07) is 5.09. The lowest BCUT2D eigenvalue weighted by Gasteiger charge is -2.35. The van der Waals surface area contributed by atoms with Gasteiger partial charge in [0.25, 0.3) is 5.91 Å². The van der Waals surface area contributed by atoms with Crippen LogP contribution in [-0.4, -0.2) is 50.6 Å². The van der Waals surface area contributed by atoms with Crippen molar-refractivity contribution in [3.8, 4) is 0 Å². The van der Waals surface area contributed by atoms with Crippen molar-refractivity contribution in [3.05, 3.63) is 29.3 Å². The number of ether oxygens (including phenoxy) is 1. The van der Waals surface area contributed by atoms with Gasteiger partial charge < -0.3 is 9.64 Å². The zero-order valence-electron chi connectivity index (χ0n) is 13.7. The number of hydrogen-bond donors (Lipinski definition) is 1. The minimum absolute atomic E-state index is 0.0468. The third kappa shape index (κ3) is 2.85. The molecular formula is C17H22N2O4S. The third-order valence-corrected chi connectivity index (χ3v) is 6.64. The van der Waals surface area contributed by atoms with E-state index in [1.54, 1.807) is 12.1 Å². The molecule has 130 valence electrons. The molecule has 1 aromatic rings. The van der Waals surface area contributed by atoms with Gasteiger partial charge in [-0.3, -0.25) is 4.79 Å². The number of carbonyl (C=O) groups excluding carboxylic acids is 1. The van der Waals surface area contributed by atoms with Gasteiger partial charge in [-0.15, -0.1) is 0 Å². The maximum atomic E-state index is 13.1. The van der Waals surface area contributed by atoms with Crippen LogP contribution in [0.3, 0.4) is 0 Å². The van der Waals surface area contributed by atoms with Crippen LogP contribution < -0.4 is 4.72 Å². The van der Waals surface area contributed by atoms with E-state index in [9.17, 15) is 13.2 Å². The molecule has 7 heteroatoms. The monoisotopic (exact) mass is 350 g/mol. The lowest BCUT2D eigenvalue weighted by Crippen LogP contribution is -2.49. The molecule has 1 saturated carbocycles. The van der Waals surface area contributed by atoms with Crippen LogP contribution in [0.5, 0.6) is 0 Å². The number of rotatable bonds is 4. The summed E-state index contributed by atoms with van der Waals surface area (Å²) in [5.41, 5.74) is 1.28. The van der Waals surface area contributed by atoms with Gasteiger partial charge in [-0.1, -0.05) is 6.07 Å². The average molecular weight is 350 g/mol. The number of morpholine rings is 1. The van der Waals surface area contributed by atoms with Gasteiger partial charge >= 0.3 is 0 Å². The fourth-order valence-electron chi connectivity index (χ4n) is 3.59. The Balaban J connectivity index is 1.65. The summed E-state index contributed by atoms with van der Waals surface area (Å²) >= 11 is 0. The molecule has 2 bridgehead atoms. The first kappa shape index (κ1) is 16.1. The van der Waals surface area contributed by atoms with Crippen LogP contribution in [-0.2, 0) is 14.8 Å². The van der Waals surface area contributed by atoms with Gasteiger partial charge in [-0.2, -0.15) is 0 Å². The molecule has 2 unspecified atom stereocenters. The summed E-state index contributed by atoms with van der Waals surface area (Å²) in [5.74, 6) is -0.0771. The number of nitrogens with zero attached hydrogens (tertiary/aromatic N) is 1. The predicted octanol–water partition coefficient (Wildman–Crippen LogP) is 1.44. The molecule has 1 aromatic carbocycles. The van der Waals surface area contributed by atoms with Crippen LogP contribution >= 0.6 is 0 Å². The molecule has 1 amide bonds. The van der Waals surface area contributed by atoms with E-state index in [0.717, 1.165) is 31.2 Å². The van der Waals surface area contributed by atoms with Gasteiger partial charge in [-0.25, -0.2) is 13.1 Å². The molecule has 1 aliphatic carbocycles. The average Bonchev–Trinajstić information content (AvgIpc) is 3.31. The van der Waals surface area contributed by atoms with E-state index in [2.05, 4.69) is 4.72 Å². The summed E-state index contributed by atoms with van der Waals surface area (Å²) in [4.78, 5) is 15.1. The Morgan fingerprint density at radius 2 is 1.83 bits per heavy atom. The second-order valence-electron chi connectivity index (χ2n) is 7.01. The molecule has 0 aromatic heterocycles. The number of hydrogen-bond acceptors (Lipinski definition) is 4. The Labute approximate surface area is 142 Å². The Kier molecular flexibility index (Phi) is 3.89. The van der Waals surface area contributed by atoms with E-state index in [4.69, 9.17) is 4.74 Å². The van der Waals surface area contributed by atoms with Gasteiger partial charge in [-0.05, 0) is 50.3 Å². The number of carbonyl (C=O) groups is 1. The van der Waals surface area contributed by atoms with Crippen LogP contribution in [0.25, 0.3) is 0 Å². The van der Waals surface area contributed by atoms with E-state index in [-0.39, 0.29) is 28.9 Å². The predicted molar refractivity (Wildman–Crippen MR) is 88.3 cm³/mol. The highest BCUT2D eigenvalue weighted by Gasteiger charge is 2.41. The Hall–Kier alpha value is -1.44. The van der Waals surface area contributed by atoms with Crippen molar-refractivity contribution in [1.29, 1.82) is 0 Å². The molecule has 0 spiro atoms. The van der Waals surface area contributed by atoms with Crippen molar-refractivity contribution in [2.24, 2.45) is 0 Å². The zero-order valence-corrected chi connectivity index (χ0v) is 14.5. The number of nitrogens with one attached hydrogen (secondary N) is 1. The normalized spacial score (nSPS) is 26.6. The summed E-state index contributed by atoms with van der Waals surface area (Å²) < 4.78 is 33.1. The molecule has 2 atom stereocenters. The minimum atomic E-state index is -3.56. The minimum Gasteiger partial charge on any atom is -0.377 e. The second-order valence-corrected chi connectivity index (χ2v) is 8.72. The van der Waals surface area contributed by atoms with Crippen molar-refractivity contribution in [3.63, 3.8) is 0 Å². The maximum absolute atomic E-state index is 13.1. The number of aryl methyl sites for hydroxylation is 1. The van der Waals surface area contributed by atoms with Crippen molar-refractivity contribution < 1.29 is 17.9 Å². The maximum Gasteiger partial charge on any atom is 0.254 e. The fraction of sp³-hybridized carbons (Fsp3) is 0.588. The first-order valence-corrected chi connectivity index (χ1v) is 9.97. The summed E-state index contributed by atoms with van der Waals surface area (Å²) in [6.45, 7) is 2.99. The summed E-state index contributed by atoms with van der Waals surface area (Å²) in [5, 5.41) is 0. The van der Waals surface area contributed by atoms with E-state index in [0.29, 0.717) is 18.8 Å². The third-order valence-electron chi connectivity index (χ3n) is 5.12. The van der Waals surface area contributed by atoms with E-state index in [1.807, 2.05) is 11.8 Å². The molecule has 4 rings (SSSR count). The Morgan fingerprint density at radius 1 is 1.17 bits per heavy atom. The topological polar surface area (TPSA) is 75.7 Å². The molecule has 2 saturated heterocycles. The van der Waals surface area contributed by atoms with E-state index < -0.39 is 10.0 Å². The van der Waals surface area contributed by atoms with Crippen LogP contribution in [0, 0.1) is 6.92 Å².